The zero-order valence-corrected chi connectivity index (χ0v) is 12.5. The van der Waals surface area contributed by atoms with Gasteiger partial charge in [0.05, 0.1) is 12.0 Å². The number of carboxylic acid groups (broad SMARTS) is 1. The Morgan fingerprint density at radius 2 is 2.00 bits per heavy atom. The molecule has 0 aromatic heterocycles. The van der Waals surface area contributed by atoms with Crippen LogP contribution in [0.25, 0.3) is 0 Å². The fourth-order valence-corrected chi connectivity index (χ4v) is 3.29. The van der Waals surface area contributed by atoms with E-state index in [9.17, 15) is 14.7 Å². The molecule has 1 aromatic rings. The van der Waals surface area contributed by atoms with Gasteiger partial charge in [0.25, 0.3) is 0 Å². The minimum atomic E-state index is -1.00. The summed E-state index contributed by atoms with van der Waals surface area (Å²) in [7, 11) is 0. The molecule has 6 heteroatoms. The lowest BCUT2D eigenvalue weighted by Crippen LogP contribution is -2.31. The van der Waals surface area contributed by atoms with E-state index in [1.165, 1.54) is 0 Å². The molecule has 20 heavy (non-hydrogen) atoms. The Balaban J connectivity index is 2.52. The molecule has 0 saturated carbocycles. The van der Waals surface area contributed by atoms with Gasteiger partial charge in [-0.1, -0.05) is 36.2 Å². The summed E-state index contributed by atoms with van der Waals surface area (Å²) in [6.07, 6.45) is 0.734. The van der Waals surface area contributed by atoms with Gasteiger partial charge in [-0.05, 0) is 18.6 Å². The number of hydrogen-bond acceptors (Lipinski definition) is 2. The Bertz CT molecular complexity index is 527. The summed E-state index contributed by atoms with van der Waals surface area (Å²) >= 11 is 12.4. The van der Waals surface area contributed by atoms with Crippen LogP contribution < -0.4 is 0 Å². The van der Waals surface area contributed by atoms with Crippen LogP contribution in [0.1, 0.15) is 31.4 Å². The van der Waals surface area contributed by atoms with Crippen molar-refractivity contribution in [3.8, 4) is 0 Å². The van der Waals surface area contributed by atoms with Crippen LogP contribution in [-0.4, -0.2) is 28.4 Å². The minimum Gasteiger partial charge on any atom is -0.481 e. The van der Waals surface area contributed by atoms with Crippen LogP contribution in [0.15, 0.2) is 18.2 Å². The van der Waals surface area contributed by atoms with Crippen molar-refractivity contribution in [1.29, 1.82) is 0 Å². The number of benzene rings is 1. The third kappa shape index (κ3) is 2.63. The van der Waals surface area contributed by atoms with E-state index in [2.05, 4.69) is 0 Å². The van der Waals surface area contributed by atoms with Crippen molar-refractivity contribution in [2.75, 3.05) is 6.54 Å². The first-order valence-electron chi connectivity index (χ1n) is 6.43. The lowest BCUT2D eigenvalue weighted by atomic mass is 9.93. The molecule has 0 radical (unpaired) electrons. The van der Waals surface area contributed by atoms with Crippen LogP contribution in [-0.2, 0) is 9.59 Å². The van der Waals surface area contributed by atoms with Gasteiger partial charge in [0.1, 0.15) is 0 Å². The third-order valence-corrected chi connectivity index (χ3v) is 4.17. The molecule has 108 valence electrons. The van der Waals surface area contributed by atoms with Crippen LogP contribution in [0.3, 0.4) is 0 Å². The van der Waals surface area contributed by atoms with Gasteiger partial charge < -0.3 is 10.0 Å². The van der Waals surface area contributed by atoms with Crippen molar-refractivity contribution >= 4 is 35.1 Å². The molecule has 2 unspecified atom stereocenters. The quantitative estimate of drug-likeness (QED) is 0.926. The number of amides is 1. The molecule has 2 atom stereocenters. The van der Waals surface area contributed by atoms with E-state index in [-0.39, 0.29) is 12.3 Å². The molecule has 0 spiro atoms. The second kappa shape index (κ2) is 6.02. The number of rotatable bonds is 4. The van der Waals surface area contributed by atoms with Crippen LogP contribution in [0.5, 0.6) is 0 Å². The number of nitrogens with zero attached hydrogens (tertiary/aromatic N) is 1. The molecule has 1 fully saturated rings. The standard InChI is InChI=1S/C14H15Cl2NO3/c1-2-6-17-11(18)7-8(14(19)20)13(17)12-9(15)4-3-5-10(12)16/h3-5,8,13H,2,6-7H2,1H3,(H,19,20). The van der Waals surface area contributed by atoms with Gasteiger partial charge in [0.15, 0.2) is 0 Å². The van der Waals surface area contributed by atoms with Gasteiger partial charge in [0.2, 0.25) is 5.91 Å². The predicted octanol–water partition coefficient (Wildman–Crippen LogP) is 3.38. The number of hydrogen-bond donors (Lipinski definition) is 1. The van der Waals surface area contributed by atoms with E-state index in [0.717, 1.165) is 6.42 Å². The van der Waals surface area contributed by atoms with Gasteiger partial charge in [-0.15, -0.1) is 0 Å². The number of halogens is 2. The second-order valence-corrected chi connectivity index (χ2v) is 5.63. The first kappa shape index (κ1) is 15.1. The molecule has 1 amide bonds. The summed E-state index contributed by atoms with van der Waals surface area (Å²) < 4.78 is 0. The van der Waals surface area contributed by atoms with E-state index in [1.807, 2.05) is 6.92 Å². The van der Waals surface area contributed by atoms with Crippen molar-refractivity contribution in [1.82, 2.24) is 4.90 Å². The van der Waals surface area contributed by atoms with E-state index >= 15 is 0 Å². The molecule has 0 bridgehead atoms. The third-order valence-electron chi connectivity index (χ3n) is 3.51. The highest BCUT2D eigenvalue weighted by Gasteiger charge is 2.45. The summed E-state index contributed by atoms with van der Waals surface area (Å²) in [5.74, 6) is -1.98. The molecule has 4 nitrogen and oxygen atoms in total. The fourth-order valence-electron chi connectivity index (χ4n) is 2.67. The molecule has 1 aliphatic rings. The summed E-state index contributed by atoms with van der Waals surface area (Å²) in [6, 6.07) is 4.43. The van der Waals surface area contributed by atoms with Gasteiger partial charge >= 0.3 is 5.97 Å². The molecular formula is C14H15Cl2NO3. The second-order valence-electron chi connectivity index (χ2n) is 4.82. The first-order valence-corrected chi connectivity index (χ1v) is 7.19. The van der Waals surface area contributed by atoms with Crippen LogP contribution >= 0.6 is 23.2 Å². The highest BCUT2D eigenvalue weighted by atomic mass is 35.5. The lowest BCUT2D eigenvalue weighted by Gasteiger charge is -2.28. The number of likely N-dealkylation sites (tertiary alicyclic amines) is 1. The Labute approximate surface area is 127 Å². The molecule has 1 N–H and O–H groups in total. The van der Waals surface area contributed by atoms with Crippen molar-refractivity contribution in [2.45, 2.75) is 25.8 Å². The zero-order chi connectivity index (χ0) is 14.9. The SMILES string of the molecule is CCCN1C(=O)CC(C(=O)O)C1c1c(Cl)cccc1Cl. The number of carbonyl (C=O) groups excluding carboxylic acids is 1. The Hall–Kier alpha value is -1.26. The zero-order valence-electron chi connectivity index (χ0n) is 11.0. The number of carbonyl (C=O) groups is 2. The average molecular weight is 316 g/mol. The molecule has 1 aliphatic heterocycles. The Morgan fingerprint density at radius 1 is 1.40 bits per heavy atom. The molecule has 1 aromatic carbocycles. The highest BCUT2D eigenvalue weighted by molar-refractivity contribution is 6.36. The maximum Gasteiger partial charge on any atom is 0.309 e. The monoisotopic (exact) mass is 315 g/mol. The maximum absolute atomic E-state index is 12.1. The predicted molar refractivity (Wildman–Crippen MR) is 76.9 cm³/mol. The topological polar surface area (TPSA) is 57.6 Å². The van der Waals surface area contributed by atoms with Gasteiger partial charge in [-0.3, -0.25) is 9.59 Å². The van der Waals surface area contributed by atoms with E-state index in [0.29, 0.717) is 22.2 Å². The minimum absolute atomic E-state index is 0.0123. The average Bonchev–Trinajstić information content (AvgIpc) is 2.68. The maximum atomic E-state index is 12.1. The molecule has 1 saturated heterocycles. The van der Waals surface area contributed by atoms with Crippen molar-refractivity contribution < 1.29 is 14.7 Å². The van der Waals surface area contributed by atoms with Crippen molar-refractivity contribution in [3.05, 3.63) is 33.8 Å². The van der Waals surface area contributed by atoms with Crippen LogP contribution in [0.2, 0.25) is 10.0 Å². The molecular weight excluding hydrogens is 301 g/mol. The summed E-state index contributed by atoms with van der Waals surface area (Å²) in [6.45, 7) is 2.43. The molecule has 0 aliphatic carbocycles. The van der Waals surface area contributed by atoms with Gasteiger partial charge in [-0.25, -0.2) is 0 Å². The van der Waals surface area contributed by atoms with Crippen molar-refractivity contribution in [3.63, 3.8) is 0 Å². The first-order chi connectivity index (χ1) is 9.47. The molecule has 2 rings (SSSR count). The summed E-state index contributed by atoms with van der Waals surface area (Å²) in [4.78, 5) is 25.1. The smallest absolute Gasteiger partial charge is 0.309 e. The number of carboxylic acids is 1. The van der Waals surface area contributed by atoms with E-state index in [1.54, 1.807) is 23.1 Å². The van der Waals surface area contributed by atoms with E-state index in [4.69, 9.17) is 23.2 Å². The van der Waals surface area contributed by atoms with E-state index < -0.39 is 17.9 Å². The van der Waals surface area contributed by atoms with Gasteiger partial charge in [0, 0.05) is 28.6 Å². The Kier molecular flexibility index (Phi) is 4.55. The Morgan fingerprint density at radius 3 is 2.50 bits per heavy atom. The van der Waals surface area contributed by atoms with Crippen molar-refractivity contribution in [2.24, 2.45) is 5.92 Å². The van der Waals surface area contributed by atoms with Gasteiger partial charge in [-0.2, -0.15) is 0 Å². The number of aliphatic carboxylic acids is 1. The highest BCUT2D eigenvalue weighted by Crippen LogP contribution is 2.43. The van der Waals surface area contributed by atoms with Crippen LogP contribution in [0, 0.1) is 5.92 Å². The largest absolute Gasteiger partial charge is 0.481 e. The molecule has 1 heterocycles. The summed E-state index contributed by atoms with van der Waals surface area (Å²) in [5, 5.41) is 10.2. The lowest BCUT2D eigenvalue weighted by molar-refractivity contribution is -0.142. The van der Waals surface area contributed by atoms with Crippen LogP contribution in [0.4, 0.5) is 0 Å². The normalized spacial score (nSPS) is 22.4. The summed E-state index contributed by atoms with van der Waals surface area (Å²) in [5.41, 5.74) is 0.530. The fraction of sp³-hybridized carbons (Fsp3) is 0.429.